The SMILES string of the molecule is CS(=O)(=O)Oc1ccc(COC(=O)C([O-])(C(F)(F)F)C(F)(F)F)cc1. The lowest BCUT2D eigenvalue weighted by Crippen LogP contribution is -2.71. The van der Waals surface area contributed by atoms with Crippen molar-refractivity contribution < 1.29 is 53.6 Å². The van der Waals surface area contributed by atoms with Crippen LogP contribution in [0.3, 0.4) is 0 Å². The lowest BCUT2D eigenvalue weighted by Gasteiger charge is -2.40. The van der Waals surface area contributed by atoms with Gasteiger partial charge in [-0.2, -0.15) is 34.8 Å². The first-order valence-electron chi connectivity index (χ1n) is 6.07. The first-order valence-corrected chi connectivity index (χ1v) is 7.89. The van der Waals surface area contributed by atoms with Crippen LogP contribution in [0.25, 0.3) is 0 Å². The summed E-state index contributed by atoms with van der Waals surface area (Å²) < 4.78 is 104. The molecule has 0 unspecified atom stereocenters. The molecule has 142 valence electrons. The fourth-order valence-corrected chi connectivity index (χ4v) is 1.92. The van der Waals surface area contributed by atoms with Crippen molar-refractivity contribution in [1.29, 1.82) is 0 Å². The van der Waals surface area contributed by atoms with E-state index >= 15 is 0 Å². The number of hydrogen-bond donors (Lipinski definition) is 0. The Labute approximate surface area is 137 Å². The molecule has 0 fully saturated rings. The highest BCUT2D eigenvalue weighted by molar-refractivity contribution is 7.86. The fraction of sp³-hybridized carbons (Fsp3) is 0.417. The molecule has 0 aliphatic carbocycles. The maximum atomic E-state index is 12.4. The second-order valence-electron chi connectivity index (χ2n) is 4.68. The Hall–Kier alpha value is -2.02. The smallest absolute Gasteiger partial charge is 0.399 e. The third-order valence-electron chi connectivity index (χ3n) is 2.63. The standard InChI is InChI=1S/C12H9F6O6S/c1-25(21,22)24-8-4-2-7(3-5-8)6-23-9(19)10(20,11(13,14)15)12(16,17)18/h2-5H,6H2,1H3/q-1. The van der Waals surface area contributed by atoms with Gasteiger partial charge >= 0.3 is 28.4 Å². The Morgan fingerprint density at radius 3 is 1.84 bits per heavy atom. The van der Waals surface area contributed by atoms with E-state index in [1.807, 2.05) is 0 Å². The van der Waals surface area contributed by atoms with Crippen molar-refractivity contribution in [2.24, 2.45) is 0 Å². The maximum absolute atomic E-state index is 12.4. The summed E-state index contributed by atoms with van der Waals surface area (Å²) in [7, 11) is -3.84. The van der Waals surface area contributed by atoms with Crippen LogP contribution >= 0.6 is 0 Å². The van der Waals surface area contributed by atoms with E-state index in [0.29, 0.717) is 0 Å². The molecular formula is C12H9F6O6S-. The van der Waals surface area contributed by atoms with Gasteiger partial charge in [-0.05, 0) is 17.7 Å². The first-order chi connectivity index (χ1) is 11.1. The van der Waals surface area contributed by atoms with Gasteiger partial charge in [0, 0.05) is 0 Å². The van der Waals surface area contributed by atoms with Gasteiger partial charge in [-0.3, -0.25) is 4.79 Å². The van der Waals surface area contributed by atoms with Gasteiger partial charge in [0.1, 0.15) is 12.4 Å². The Morgan fingerprint density at radius 1 is 1.04 bits per heavy atom. The topological polar surface area (TPSA) is 92.7 Å². The molecule has 25 heavy (non-hydrogen) atoms. The number of carbonyl (C=O) groups excluding carboxylic acids is 1. The van der Waals surface area contributed by atoms with Crippen molar-refractivity contribution >= 4 is 16.1 Å². The van der Waals surface area contributed by atoms with Gasteiger partial charge in [-0.25, -0.2) is 0 Å². The molecule has 0 N–H and O–H groups in total. The Balaban J connectivity index is 2.88. The molecule has 0 atom stereocenters. The lowest BCUT2D eigenvalue weighted by atomic mass is 10.0. The molecule has 13 heteroatoms. The second-order valence-corrected chi connectivity index (χ2v) is 6.26. The van der Waals surface area contributed by atoms with Gasteiger partial charge in [0.2, 0.25) is 0 Å². The van der Waals surface area contributed by atoms with Gasteiger partial charge in [0.05, 0.1) is 6.26 Å². The minimum Gasteiger partial charge on any atom is -0.828 e. The molecular weight excluding hydrogens is 386 g/mol. The van der Waals surface area contributed by atoms with Crippen LogP contribution in [0.5, 0.6) is 5.75 Å². The number of esters is 1. The van der Waals surface area contributed by atoms with E-state index < -0.39 is 40.6 Å². The van der Waals surface area contributed by atoms with E-state index in [1.54, 1.807) is 0 Å². The molecule has 0 spiro atoms. The molecule has 0 saturated carbocycles. The number of halogens is 6. The molecule has 1 aromatic rings. The third kappa shape index (κ3) is 4.98. The van der Waals surface area contributed by atoms with Crippen molar-refractivity contribution in [2.45, 2.75) is 24.6 Å². The summed E-state index contributed by atoms with van der Waals surface area (Å²) in [4.78, 5) is 11.1. The van der Waals surface area contributed by atoms with E-state index in [1.165, 1.54) is 0 Å². The van der Waals surface area contributed by atoms with Crippen LogP contribution in [0.2, 0.25) is 0 Å². The molecule has 0 bridgehead atoms. The third-order valence-corrected chi connectivity index (χ3v) is 3.12. The van der Waals surface area contributed by atoms with Gasteiger partial charge in [-0.15, -0.1) is 0 Å². The highest BCUT2D eigenvalue weighted by Gasteiger charge is 2.68. The quantitative estimate of drug-likeness (QED) is 0.424. The van der Waals surface area contributed by atoms with Gasteiger partial charge in [0.15, 0.2) is 5.60 Å². The van der Waals surface area contributed by atoms with Crippen LogP contribution in [-0.2, 0) is 26.3 Å². The molecule has 0 heterocycles. The van der Waals surface area contributed by atoms with Crippen LogP contribution in [0.4, 0.5) is 26.3 Å². The van der Waals surface area contributed by atoms with Crippen LogP contribution in [0.15, 0.2) is 24.3 Å². The molecule has 0 aliphatic rings. The highest BCUT2D eigenvalue weighted by Crippen LogP contribution is 2.41. The average molecular weight is 395 g/mol. The summed E-state index contributed by atoms with van der Waals surface area (Å²) in [6, 6.07) is 4.06. The molecule has 6 nitrogen and oxygen atoms in total. The molecule has 0 aliphatic heterocycles. The van der Waals surface area contributed by atoms with Crippen molar-refractivity contribution in [1.82, 2.24) is 0 Å². The number of ether oxygens (including phenoxy) is 1. The first kappa shape index (κ1) is 21.0. The van der Waals surface area contributed by atoms with Crippen LogP contribution in [-0.4, -0.2) is 38.6 Å². The van der Waals surface area contributed by atoms with Crippen molar-refractivity contribution in [3.8, 4) is 5.75 Å². The maximum Gasteiger partial charge on any atom is 0.399 e. The fourth-order valence-electron chi connectivity index (χ4n) is 1.46. The highest BCUT2D eigenvalue weighted by atomic mass is 32.2. The molecule has 1 aromatic carbocycles. The largest absolute Gasteiger partial charge is 0.828 e. The van der Waals surface area contributed by atoms with Crippen LogP contribution < -0.4 is 9.29 Å². The zero-order chi connectivity index (χ0) is 19.7. The van der Waals surface area contributed by atoms with E-state index in [2.05, 4.69) is 8.92 Å². The zero-order valence-electron chi connectivity index (χ0n) is 12.1. The summed E-state index contributed by atoms with van der Waals surface area (Å²) in [5.41, 5.74) is -6.03. The number of carbonyl (C=O) groups is 1. The zero-order valence-corrected chi connectivity index (χ0v) is 13.0. The van der Waals surface area contributed by atoms with E-state index in [4.69, 9.17) is 0 Å². The van der Waals surface area contributed by atoms with Gasteiger partial charge < -0.3 is 14.0 Å². The van der Waals surface area contributed by atoms with Crippen molar-refractivity contribution in [3.63, 3.8) is 0 Å². The second kappa shape index (κ2) is 6.71. The Bertz CT molecular complexity index is 708. The molecule has 0 saturated heterocycles. The lowest BCUT2D eigenvalue weighted by molar-refractivity contribution is -0.574. The number of hydrogen-bond acceptors (Lipinski definition) is 6. The molecule has 0 radical (unpaired) electrons. The molecule has 1 rings (SSSR count). The van der Waals surface area contributed by atoms with Crippen LogP contribution in [0, 0.1) is 0 Å². The molecule has 0 aromatic heterocycles. The normalized spacial score (nSPS) is 13.4. The average Bonchev–Trinajstić information content (AvgIpc) is 2.41. The van der Waals surface area contributed by atoms with E-state index in [-0.39, 0.29) is 11.3 Å². The number of alkyl halides is 6. The molecule has 0 amide bonds. The summed E-state index contributed by atoms with van der Waals surface area (Å²) >= 11 is 0. The predicted molar refractivity (Wildman–Crippen MR) is 66.6 cm³/mol. The van der Waals surface area contributed by atoms with Gasteiger partial charge in [0.25, 0.3) is 0 Å². The summed E-state index contributed by atoms with van der Waals surface area (Å²) in [5.74, 6) is -3.25. The monoisotopic (exact) mass is 395 g/mol. The number of benzene rings is 1. The predicted octanol–water partition coefficient (Wildman–Crippen LogP) is 1.29. The minimum absolute atomic E-state index is 0.110. The van der Waals surface area contributed by atoms with E-state index in [0.717, 1.165) is 30.5 Å². The number of rotatable bonds is 5. The van der Waals surface area contributed by atoms with Crippen molar-refractivity contribution in [2.75, 3.05) is 6.26 Å². The Kier molecular flexibility index (Phi) is 5.64. The van der Waals surface area contributed by atoms with E-state index in [9.17, 15) is 44.7 Å². The summed E-state index contributed by atoms with van der Waals surface area (Å²) in [5, 5.41) is 11.1. The van der Waals surface area contributed by atoms with Gasteiger partial charge in [-0.1, -0.05) is 12.1 Å². The van der Waals surface area contributed by atoms with Crippen molar-refractivity contribution in [3.05, 3.63) is 29.8 Å². The van der Waals surface area contributed by atoms with Crippen LogP contribution in [0.1, 0.15) is 5.56 Å². The summed E-state index contributed by atoms with van der Waals surface area (Å²) in [6.45, 7) is -1.08. The minimum atomic E-state index is -6.45. The Morgan fingerprint density at radius 2 is 1.48 bits per heavy atom. The summed E-state index contributed by atoms with van der Waals surface area (Å²) in [6.07, 6.45) is -12.2.